The topological polar surface area (TPSA) is 147 Å². The smallest absolute Gasteiger partial charge is 0.326 e. The summed E-state index contributed by atoms with van der Waals surface area (Å²) in [6.45, 7) is 3.14. The molecule has 10 heteroatoms. The van der Waals surface area contributed by atoms with E-state index in [1.165, 1.54) is 16.3 Å². The summed E-state index contributed by atoms with van der Waals surface area (Å²) in [6, 6.07) is 26.5. The second-order valence-electron chi connectivity index (χ2n) is 10.6. The van der Waals surface area contributed by atoms with E-state index in [2.05, 4.69) is 50.2 Å². The van der Waals surface area contributed by atoms with Crippen LogP contribution < -0.4 is 21.7 Å². The maximum absolute atomic E-state index is 12.5. The highest BCUT2D eigenvalue weighted by atomic mass is 16.4. The minimum Gasteiger partial charge on any atom is -0.480 e. The van der Waals surface area contributed by atoms with Gasteiger partial charge in [-0.2, -0.15) is 0 Å². The number of aryl methyl sites for hydroxylation is 1. The van der Waals surface area contributed by atoms with Gasteiger partial charge in [0, 0.05) is 50.8 Å². The third kappa shape index (κ3) is 10.4. The minimum absolute atomic E-state index is 0.337. The number of aromatic nitrogens is 3. The maximum atomic E-state index is 12.5. The largest absolute Gasteiger partial charge is 0.480 e. The molecule has 3 aromatic carbocycles. The monoisotopic (exact) mass is 607 g/mol. The number of carboxylic acids is 1. The molecule has 1 atom stereocenters. The molecule has 6 N–H and O–H groups in total. The molecule has 0 bridgehead atoms. The number of hydrogen-bond donors (Lipinski definition) is 5. The number of imidazole rings is 1. The lowest BCUT2D eigenvalue weighted by Crippen LogP contribution is -2.41. The summed E-state index contributed by atoms with van der Waals surface area (Å²) in [4.78, 5) is 32.6. The van der Waals surface area contributed by atoms with E-state index in [-0.39, 0.29) is 0 Å². The Labute approximate surface area is 263 Å². The first kappa shape index (κ1) is 33.0. The second kappa shape index (κ2) is 17.4. The van der Waals surface area contributed by atoms with Crippen molar-refractivity contribution >= 4 is 22.6 Å². The van der Waals surface area contributed by atoms with Gasteiger partial charge in [0.1, 0.15) is 11.9 Å². The van der Waals surface area contributed by atoms with Gasteiger partial charge in [0.25, 0.3) is 5.91 Å². The van der Waals surface area contributed by atoms with Gasteiger partial charge >= 0.3 is 5.97 Å². The maximum Gasteiger partial charge on any atom is 0.326 e. The number of carboxylic acid groups (broad SMARTS) is 1. The van der Waals surface area contributed by atoms with Crippen molar-refractivity contribution in [1.29, 1.82) is 0 Å². The molecule has 45 heavy (non-hydrogen) atoms. The number of rotatable bonds is 14. The Kier molecular flexibility index (Phi) is 12.8. The predicted molar refractivity (Wildman–Crippen MR) is 176 cm³/mol. The van der Waals surface area contributed by atoms with Crippen LogP contribution in [0.3, 0.4) is 0 Å². The molecule has 0 aliphatic carbocycles. The van der Waals surface area contributed by atoms with Gasteiger partial charge in [0.2, 0.25) is 0 Å². The molecular weight excluding hydrogens is 566 g/mol. The molecule has 2 aromatic heterocycles. The third-order valence-electron chi connectivity index (χ3n) is 7.33. The van der Waals surface area contributed by atoms with Crippen LogP contribution in [0.2, 0.25) is 0 Å². The Hall–Kier alpha value is -4.90. The summed E-state index contributed by atoms with van der Waals surface area (Å²) in [5.74, 6) is -0.521. The number of hydrogen-bond acceptors (Lipinski definition) is 7. The van der Waals surface area contributed by atoms with Crippen molar-refractivity contribution in [1.82, 2.24) is 30.5 Å². The summed E-state index contributed by atoms with van der Waals surface area (Å²) in [5, 5.41) is 21.2. The number of nitrogens with two attached hydrogens (primary N) is 1. The van der Waals surface area contributed by atoms with Gasteiger partial charge in [-0.05, 0) is 65.6 Å². The zero-order chi connectivity index (χ0) is 31.9. The number of aliphatic carboxylic acids is 1. The number of nitrogens with zero attached hydrogens (tertiary/aromatic N) is 3. The Morgan fingerprint density at radius 2 is 1.64 bits per heavy atom. The molecule has 5 rings (SSSR count). The molecule has 0 saturated carbocycles. The zero-order valence-corrected chi connectivity index (χ0v) is 25.5. The summed E-state index contributed by atoms with van der Waals surface area (Å²) < 4.78 is 1.93. The highest BCUT2D eigenvalue weighted by Gasteiger charge is 2.20. The van der Waals surface area contributed by atoms with Crippen molar-refractivity contribution in [3.63, 3.8) is 0 Å². The van der Waals surface area contributed by atoms with Gasteiger partial charge in [0.15, 0.2) is 0 Å². The van der Waals surface area contributed by atoms with E-state index in [1.807, 2.05) is 66.3 Å². The fourth-order valence-corrected chi connectivity index (χ4v) is 4.78. The van der Waals surface area contributed by atoms with Crippen molar-refractivity contribution in [2.45, 2.75) is 45.1 Å². The number of pyridine rings is 1. The molecule has 0 saturated heterocycles. The average molecular weight is 608 g/mol. The lowest BCUT2D eigenvalue weighted by atomic mass is 10.1. The SMILES string of the molecule is Cn1ccnc1CNCCC[C@H](NC(=O)c1ccc(CNCc2ccccn2)cc1)C(=O)O.NCc1cccc2ccccc12. The number of carbonyl (C=O) groups excluding carboxylic acids is 1. The van der Waals surface area contributed by atoms with Crippen LogP contribution in [0.1, 0.15) is 45.8 Å². The summed E-state index contributed by atoms with van der Waals surface area (Å²) in [6.07, 6.45) is 6.32. The Balaban J connectivity index is 0.000000318. The van der Waals surface area contributed by atoms with Gasteiger partial charge in [-0.3, -0.25) is 9.78 Å². The average Bonchev–Trinajstić information content (AvgIpc) is 3.48. The summed E-state index contributed by atoms with van der Waals surface area (Å²) in [5.41, 5.74) is 9.25. The predicted octanol–water partition coefficient (Wildman–Crippen LogP) is 4.16. The molecule has 234 valence electrons. The molecule has 10 nitrogen and oxygen atoms in total. The number of amides is 1. The van der Waals surface area contributed by atoms with Gasteiger partial charge < -0.3 is 31.4 Å². The third-order valence-corrected chi connectivity index (χ3v) is 7.33. The van der Waals surface area contributed by atoms with Crippen molar-refractivity contribution < 1.29 is 14.7 Å². The summed E-state index contributed by atoms with van der Waals surface area (Å²) in [7, 11) is 1.92. The Morgan fingerprint density at radius 3 is 2.36 bits per heavy atom. The molecule has 1 amide bonds. The highest BCUT2D eigenvalue weighted by molar-refractivity contribution is 5.96. The molecule has 0 radical (unpaired) electrons. The Bertz CT molecular complexity index is 1630. The van der Waals surface area contributed by atoms with Crippen LogP contribution in [0.5, 0.6) is 0 Å². The van der Waals surface area contributed by atoms with Crippen molar-refractivity contribution in [2.75, 3.05) is 6.54 Å². The van der Waals surface area contributed by atoms with Crippen LogP contribution in [0.15, 0.2) is 104 Å². The van der Waals surface area contributed by atoms with E-state index in [0.29, 0.717) is 51.1 Å². The number of carbonyl (C=O) groups is 2. The van der Waals surface area contributed by atoms with Crippen molar-refractivity contribution in [3.05, 3.63) is 132 Å². The molecular formula is C35H41N7O3. The number of nitrogens with one attached hydrogen (secondary N) is 3. The van der Waals surface area contributed by atoms with E-state index < -0.39 is 17.9 Å². The molecule has 0 fully saturated rings. The van der Waals surface area contributed by atoms with Crippen LogP contribution in [-0.4, -0.2) is 44.1 Å². The molecule has 2 heterocycles. The van der Waals surface area contributed by atoms with Crippen LogP contribution in [0.4, 0.5) is 0 Å². The molecule has 0 unspecified atom stereocenters. The fourth-order valence-electron chi connectivity index (χ4n) is 4.78. The van der Waals surface area contributed by atoms with Gasteiger partial charge in [0.05, 0.1) is 12.2 Å². The normalized spacial score (nSPS) is 11.4. The van der Waals surface area contributed by atoms with E-state index in [0.717, 1.165) is 17.1 Å². The van der Waals surface area contributed by atoms with Gasteiger partial charge in [-0.25, -0.2) is 9.78 Å². The lowest BCUT2D eigenvalue weighted by molar-refractivity contribution is -0.139. The van der Waals surface area contributed by atoms with Gasteiger partial charge in [-0.1, -0.05) is 60.7 Å². The Morgan fingerprint density at radius 1 is 0.867 bits per heavy atom. The van der Waals surface area contributed by atoms with Crippen molar-refractivity contribution in [2.24, 2.45) is 12.8 Å². The van der Waals surface area contributed by atoms with E-state index in [1.54, 1.807) is 24.5 Å². The quantitative estimate of drug-likeness (QED) is 0.118. The zero-order valence-electron chi connectivity index (χ0n) is 25.5. The van der Waals surface area contributed by atoms with Crippen LogP contribution in [0, 0.1) is 0 Å². The first-order valence-electron chi connectivity index (χ1n) is 15.0. The van der Waals surface area contributed by atoms with E-state index >= 15 is 0 Å². The standard InChI is InChI=1S/C24H30N6O3.C11H11N/c1-30-14-13-28-22(30)17-25-11-4-6-21(24(32)33)29-23(31)19-9-7-18(8-10-19)15-26-16-20-5-2-3-12-27-20;12-8-10-6-3-5-9-4-1-2-7-11(9)10/h2-3,5,7-10,12-14,21,25-26H,4,6,11,15-17H2,1H3,(H,29,31)(H,32,33);1-7H,8,12H2/t21-;/m0./s1. The number of benzene rings is 3. The first-order valence-corrected chi connectivity index (χ1v) is 15.0. The van der Waals surface area contributed by atoms with E-state index in [9.17, 15) is 14.7 Å². The summed E-state index contributed by atoms with van der Waals surface area (Å²) >= 11 is 0. The van der Waals surface area contributed by atoms with Crippen LogP contribution >= 0.6 is 0 Å². The fraction of sp³-hybridized carbons (Fsp3) is 0.257. The van der Waals surface area contributed by atoms with Crippen molar-refractivity contribution in [3.8, 4) is 0 Å². The number of fused-ring (bicyclic) bond motifs is 1. The van der Waals surface area contributed by atoms with E-state index in [4.69, 9.17) is 5.73 Å². The van der Waals surface area contributed by atoms with Crippen LogP contribution in [-0.2, 0) is 38.0 Å². The molecule has 0 spiro atoms. The second-order valence-corrected chi connectivity index (χ2v) is 10.6. The minimum atomic E-state index is -1.04. The lowest BCUT2D eigenvalue weighted by Gasteiger charge is -2.15. The molecule has 5 aromatic rings. The molecule has 0 aliphatic rings. The highest BCUT2D eigenvalue weighted by Crippen LogP contribution is 2.17. The first-order chi connectivity index (χ1) is 21.9. The van der Waals surface area contributed by atoms with Crippen LogP contribution in [0.25, 0.3) is 10.8 Å². The van der Waals surface area contributed by atoms with Gasteiger partial charge in [-0.15, -0.1) is 0 Å². The molecule has 0 aliphatic heterocycles.